The molecule has 2 heterocycles. The molecule has 0 aliphatic carbocycles. The molecule has 1 aromatic carbocycles. The van der Waals surface area contributed by atoms with Crippen LogP contribution in [-0.4, -0.2) is 69.2 Å². The average molecular weight is 559 g/mol. The zero-order valence-electron chi connectivity index (χ0n) is 20.6. The summed E-state index contributed by atoms with van der Waals surface area (Å²) < 4.78 is 30.8. The van der Waals surface area contributed by atoms with Crippen molar-refractivity contribution in [1.82, 2.24) is 9.99 Å². The van der Waals surface area contributed by atoms with Gasteiger partial charge >= 0.3 is 7.75 Å². The molecule has 5 N–H and O–H groups in total. The molecule has 0 radical (unpaired) electrons. The van der Waals surface area contributed by atoms with E-state index in [9.17, 15) is 14.8 Å². The standard InChI is InChI=1S/C23H35N4O6PS2/c1-16-26-19(24)10-11-27(16)22-21(29)20(28)18(33-22)15-32-34(30,25-14-17-8-6-5-7-9-17)31-12-13-35-36-23(2,3)4/h5-11,18,20-22,28-29H,1,12-15H2,2-4H3,(H2,24,26)(H,25,30)/t18-,20?,21-,22-,34?/m1/s1. The van der Waals surface area contributed by atoms with Crippen molar-refractivity contribution in [3.63, 3.8) is 0 Å². The maximum atomic E-state index is 13.5. The molecule has 2 aliphatic heterocycles. The van der Waals surface area contributed by atoms with Gasteiger partial charge in [-0.3, -0.25) is 9.05 Å². The van der Waals surface area contributed by atoms with Crippen molar-refractivity contribution in [2.24, 2.45) is 10.7 Å². The Kier molecular flexibility index (Phi) is 10.5. The van der Waals surface area contributed by atoms with E-state index in [0.29, 0.717) is 5.75 Å². The van der Waals surface area contributed by atoms with Crippen LogP contribution in [0.2, 0.25) is 0 Å². The van der Waals surface area contributed by atoms with E-state index >= 15 is 0 Å². The lowest BCUT2D eigenvalue weighted by atomic mass is 10.1. The van der Waals surface area contributed by atoms with Gasteiger partial charge in [-0.25, -0.2) is 14.6 Å². The van der Waals surface area contributed by atoms with Gasteiger partial charge in [-0.2, -0.15) is 0 Å². The van der Waals surface area contributed by atoms with Gasteiger partial charge in [0.25, 0.3) is 0 Å². The molecule has 1 fully saturated rings. The molecule has 0 saturated carbocycles. The third-order valence-corrected chi connectivity index (χ3v) is 9.90. The van der Waals surface area contributed by atoms with Crippen molar-refractivity contribution in [3.8, 4) is 0 Å². The number of nitrogens with one attached hydrogen (secondary N) is 1. The second-order valence-corrected chi connectivity index (χ2v) is 14.3. The molecule has 0 spiro atoms. The van der Waals surface area contributed by atoms with Crippen LogP contribution in [-0.2, 0) is 24.9 Å². The lowest BCUT2D eigenvalue weighted by molar-refractivity contribution is -0.0678. The van der Waals surface area contributed by atoms with E-state index < -0.39 is 32.3 Å². The molecule has 0 amide bonds. The molecular weight excluding hydrogens is 523 g/mol. The highest BCUT2D eigenvalue weighted by Crippen LogP contribution is 2.45. The number of aliphatic imine (C=N–C) groups is 1. The number of amidine groups is 1. The smallest absolute Gasteiger partial charge is 0.387 e. The van der Waals surface area contributed by atoms with Gasteiger partial charge in [0.2, 0.25) is 0 Å². The van der Waals surface area contributed by atoms with Crippen molar-refractivity contribution in [1.29, 1.82) is 0 Å². The molecule has 10 nitrogen and oxygen atoms in total. The van der Waals surface area contributed by atoms with Gasteiger partial charge in [0.1, 0.15) is 30.0 Å². The zero-order valence-corrected chi connectivity index (χ0v) is 23.2. The van der Waals surface area contributed by atoms with E-state index in [4.69, 9.17) is 19.5 Å². The molecule has 0 bridgehead atoms. The van der Waals surface area contributed by atoms with Gasteiger partial charge in [0.05, 0.1) is 13.2 Å². The van der Waals surface area contributed by atoms with Crippen LogP contribution in [0.25, 0.3) is 0 Å². The van der Waals surface area contributed by atoms with Crippen molar-refractivity contribution < 1.29 is 28.6 Å². The first kappa shape index (κ1) is 29.2. The van der Waals surface area contributed by atoms with Gasteiger partial charge in [-0.15, -0.1) is 0 Å². The fraction of sp³-hybridized carbons (Fsp3) is 0.522. The minimum atomic E-state index is -3.77. The van der Waals surface area contributed by atoms with Crippen LogP contribution in [0.3, 0.4) is 0 Å². The van der Waals surface area contributed by atoms with Gasteiger partial charge in [0.15, 0.2) is 6.23 Å². The van der Waals surface area contributed by atoms with Crippen LogP contribution in [0.5, 0.6) is 0 Å². The highest BCUT2D eigenvalue weighted by Gasteiger charge is 2.46. The minimum Gasteiger partial charge on any atom is -0.387 e. The first-order chi connectivity index (χ1) is 17.0. The summed E-state index contributed by atoms with van der Waals surface area (Å²) in [5.74, 6) is 1.14. The summed E-state index contributed by atoms with van der Waals surface area (Å²) in [5, 5.41) is 24.0. The Labute approximate surface area is 220 Å². The minimum absolute atomic E-state index is 0.0929. The van der Waals surface area contributed by atoms with Crippen LogP contribution in [0.15, 0.2) is 60.0 Å². The van der Waals surface area contributed by atoms with Crippen LogP contribution in [0.1, 0.15) is 26.3 Å². The molecule has 2 aliphatic rings. The molecule has 200 valence electrons. The quantitative estimate of drug-likeness (QED) is 0.171. The average Bonchev–Trinajstić information content (AvgIpc) is 3.10. The Bertz CT molecular complexity index is 991. The molecule has 1 saturated heterocycles. The highest BCUT2D eigenvalue weighted by molar-refractivity contribution is 8.77. The first-order valence-corrected chi connectivity index (χ1v) is 15.3. The van der Waals surface area contributed by atoms with E-state index in [1.165, 1.54) is 11.0 Å². The largest absolute Gasteiger partial charge is 0.405 e. The Morgan fingerprint density at radius 2 is 1.97 bits per heavy atom. The fourth-order valence-corrected chi connectivity index (χ4v) is 6.84. The number of rotatable bonds is 12. The van der Waals surface area contributed by atoms with Crippen LogP contribution in [0.4, 0.5) is 0 Å². The van der Waals surface area contributed by atoms with E-state index in [1.807, 2.05) is 30.3 Å². The van der Waals surface area contributed by atoms with E-state index in [0.717, 1.165) is 5.56 Å². The number of aliphatic hydroxyl groups is 2. The summed E-state index contributed by atoms with van der Waals surface area (Å²) in [6.07, 6.45) is -1.39. The molecule has 2 unspecified atom stereocenters. The second-order valence-electron chi connectivity index (χ2n) is 9.19. The summed E-state index contributed by atoms with van der Waals surface area (Å²) in [5.41, 5.74) is 6.58. The van der Waals surface area contributed by atoms with Crippen molar-refractivity contribution >= 4 is 35.2 Å². The van der Waals surface area contributed by atoms with Crippen molar-refractivity contribution in [2.45, 2.75) is 56.6 Å². The Morgan fingerprint density at radius 3 is 2.64 bits per heavy atom. The normalized spacial score (nSPS) is 26.2. The number of hydrogen-bond donors (Lipinski definition) is 4. The molecular formula is C23H35N4O6PS2. The third-order valence-electron chi connectivity index (χ3n) is 5.04. The zero-order chi connectivity index (χ0) is 26.3. The predicted octanol–water partition coefficient (Wildman–Crippen LogP) is 3.20. The topological polar surface area (TPSA) is 139 Å². The summed E-state index contributed by atoms with van der Waals surface area (Å²) in [6.45, 7) is 10.3. The number of nitrogens with two attached hydrogens (primary N) is 1. The Hall–Kier alpha value is -1.34. The molecule has 1 aromatic rings. The van der Waals surface area contributed by atoms with E-state index in [2.05, 4.69) is 37.4 Å². The van der Waals surface area contributed by atoms with Crippen LogP contribution < -0.4 is 10.8 Å². The maximum absolute atomic E-state index is 13.5. The third kappa shape index (κ3) is 8.61. The van der Waals surface area contributed by atoms with Gasteiger partial charge in [-0.05, 0) is 11.6 Å². The van der Waals surface area contributed by atoms with Crippen LogP contribution >= 0.6 is 29.3 Å². The number of hydrogen-bond acceptors (Lipinski definition) is 11. The van der Waals surface area contributed by atoms with E-state index in [1.54, 1.807) is 27.8 Å². The van der Waals surface area contributed by atoms with Crippen molar-refractivity contribution in [3.05, 3.63) is 60.6 Å². The summed E-state index contributed by atoms with van der Waals surface area (Å²) in [7, 11) is -0.427. The number of aliphatic hydroxyl groups excluding tert-OH is 2. The van der Waals surface area contributed by atoms with Crippen LogP contribution in [0, 0.1) is 0 Å². The molecule has 0 aromatic heterocycles. The number of nitrogens with zero attached hydrogens (tertiary/aromatic N) is 2. The van der Waals surface area contributed by atoms with E-state index in [-0.39, 0.29) is 36.2 Å². The number of ether oxygens (including phenoxy) is 1. The predicted molar refractivity (Wildman–Crippen MR) is 145 cm³/mol. The monoisotopic (exact) mass is 558 g/mol. The first-order valence-electron chi connectivity index (χ1n) is 11.5. The Morgan fingerprint density at radius 1 is 1.25 bits per heavy atom. The maximum Gasteiger partial charge on any atom is 0.405 e. The van der Waals surface area contributed by atoms with Gasteiger partial charge in [-0.1, -0.05) is 79.3 Å². The second kappa shape index (κ2) is 12.9. The summed E-state index contributed by atoms with van der Waals surface area (Å²) in [6, 6.07) is 9.45. The van der Waals surface area contributed by atoms with Crippen molar-refractivity contribution in [2.75, 3.05) is 19.0 Å². The summed E-state index contributed by atoms with van der Waals surface area (Å²) in [4.78, 5) is 5.52. The van der Waals surface area contributed by atoms with Gasteiger partial charge < -0.3 is 25.6 Å². The molecule has 13 heteroatoms. The Balaban J connectivity index is 1.60. The lowest BCUT2D eigenvalue weighted by Crippen LogP contribution is -2.42. The number of benzene rings is 1. The SMILES string of the molecule is C=C1N=C(N)C=CN1[C@@H]1O[C@H](COP(=O)(NCc2ccccc2)OCCSSC(C)(C)C)C(O)[C@H]1O. The highest BCUT2D eigenvalue weighted by atomic mass is 33.1. The molecule has 36 heavy (non-hydrogen) atoms. The summed E-state index contributed by atoms with van der Waals surface area (Å²) >= 11 is 0. The fourth-order valence-electron chi connectivity index (χ4n) is 3.31. The molecule has 5 atom stereocenters. The molecule has 3 rings (SSSR count). The van der Waals surface area contributed by atoms with Gasteiger partial charge in [0, 0.05) is 23.2 Å². The lowest BCUT2D eigenvalue weighted by Gasteiger charge is -2.30.